The Balaban J connectivity index is 1.55. The minimum atomic E-state index is -1.32. The third-order valence-electron chi connectivity index (χ3n) is 8.78. The molecule has 1 unspecified atom stereocenters. The number of hydrogen-bond donors (Lipinski definition) is 4. The number of Topliss-reactive ketones (excluding diaryl/α,β-unsaturated/α-hetero) is 1. The van der Waals surface area contributed by atoms with Crippen LogP contribution in [0.1, 0.15) is 43.4 Å². The Labute approximate surface area is 296 Å². The van der Waals surface area contributed by atoms with Crippen molar-refractivity contribution in [3.05, 3.63) is 108 Å². The molecule has 1 aliphatic heterocycles. The van der Waals surface area contributed by atoms with Crippen LogP contribution >= 0.6 is 11.8 Å². The van der Waals surface area contributed by atoms with Gasteiger partial charge in [0.25, 0.3) is 5.91 Å². The first-order chi connectivity index (χ1) is 24.1. The van der Waals surface area contributed by atoms with E-state index in [0.29, 0.717) is 18.4 Å². The molecule has 1 heterocycles. The Hall–Kier alpha value is -4.97. The summed E-state index contributed by atoms with van der Waals surface area (Å²) in [6.45, 7) is 3.57. The van der Waals surface area contributed by atoms with Gasteiger partial charge in [-0.25, -0.2) is 4.79 Å². The maximum atomic E-state index is 13.9. The number of carbonyl (C=O) groups excluding carboxylic acids is 5. The third-order valence-corrected chi connectivity index (χ3v) is 9.79. The van der Waals surface area contributed by atoms with Gasteiger partial charge in [0.05, 0.1) is 12.3 Å². The topological polar surface area (TPSA) is 162 Å². The minimum Gasteiger partial charge on any atom is -0.480 e. The van der Waals surface area contributed by atoms with E-state index in [4.69, 9.17) is 0 Å². The lowest BCUT2D eigenvalue weighted by Crippen LogP contribution is -2.58. The van der Waals surface area contributed by atoms with Crippen LogP contribution in [0.2, 0.25) is 0 Å². The number of aryl methyl sites for hydroxylation is 1. The second-order valence-electron chi connectivity index (χ2n) is 12.4. The van der Waals surface area contributed by atoms with E-state index in [-0.39, 0.29) is 36.8 Å². The Morgan fingerprint density at radius 2 is 1.38 bits per heavy atom. The number of nitrogens with one attached hydrogen (secondary N) is 3. The molecule has 4 N–H and O–H groups in total. The number of carboxylic acid groups (broad SMARTS) is 1. The van der Waals surface area contributed by atoms with E-state index >= 15 is 0 Å². The van der Waals surface area contributed by atoms with E-state index in [2.05, 4.69) is 16.0 Å². The number of carbonyl (C=O) groups is 6. The zero-order chi connectivity index (χ0) is 36.0. The fourth-order valence-electron chi connectivity index (χ4n) is 5.68. The molecule has 0 saturated carbocycles. The van der Waals surface area contributed by atoms with Gasteiger partial charge in [0.15, 0.2) is 0 Å². The maximum Gasteiger partial charge on any atom is 0.327 e. The highest BCUT2D eigenvalue weighted by molar-refractivity contribution is 7.99. The Bertz CT molecular complexity index is 1620. The molecule has 5 atom stereocenters. The van der Waals surface area contributed by atoms with Crippen molar-refractivity contribution in [3.63, 3.8) is 0 Å². The molecule has 3 aromatic rings. The van der Waals surface area contributed by atoms with E-state index < -0.39 is 59.6 Å². The molecule has 12 heteroatoms. The van der Waals surface area contributed by atoms with Crippen LogP contribution in [0.25, 0.3) is 0 Å². The van der Waals surface area contributed by atoms with E-state index in [9.17, 15) is 33.9 Å². The van der Waals surface area contributed by atoms with Crippen molar-refractivity contribution in [2.75, 3.05) is 11.6 Å². The van der Waals surface area contributed by atoms with Gasteiger partial charge < -0.3 is 26.0 Å². The Kier molecular flexibility index (Phi) is 14.2. The summed E-state index contributed by atoms with van der Waals surface area (Å²) in [5.41, 5.74) is 2.41. The smallest absolute Gasteiger partial charge is 0.327 e. The van der Waals surface area contributed by atoms with Gasteiger partial charge in [-0.3, -0.25) is 24.0 Å². The predicted molar refractivity (Wildman–Crippen MR) is 191 cm³/mol. The average Bonchev–Trinajstić information content (AvgIpc) is 3.63. The number of amides is 4. The number of nitrogens with zero attached hydrogens (tertiary/aromatic N) is 1. The van der Waals surface area contributed by atoms with Crippen molar-refractivity contribution in [1.29, 1.82) is 0 Å². The highest BCUT2D eigenvalue weighted by Gasteiger charge is 2.41. The molecule has 264 valence electrons. The van der Waals surface area contributed by atoms with Gasteiger partial charge >= 0.3 is 5.97 Å². The highest BCUT2D eigenvalue weighted by Crippen LogP contribution is 2.24. The van der Waals surface area contributed by atoms with Crippen LogP contribution in [-0.4, -0.2) is 81.2 Å². The summed E-state index contributed by atoms with van der Waals surface area (Å²) in [6.07, 6.45) is 1.20. The third kappa shape index (κ3) is 10.8. The molecule has 50 heavy (non-hydrogen) atoms. The fourth-order valence-corrected chi connectivity index (χ4v) is 6.83. The van der Waals surface area contributed by atoms with Crippen LogP contribution < -0.4 is 16.0 Å². The second kappa shape index (κ2) is 18.7. The van der Waals surface area contributed by atoms with Gasteiger partial charge in [-0.05, 0) is 35.4 Å². The van der Waals surface area contributed by atoms with Gasteiger partial charge in [0, 0.05) is 12.2 Å². The fraction of sp³-hybridized carbons (Fsp3) is 0.368. The van der Waals surface area contributed by atoms with Gasteiger partial charge in [-0.2, -0.15) is 0 Å². The van der Waals surface area contributed by atoms with Gasteiger partial charge in [0.1, 0.15) is 24.2 Å². The predicted octanol–water partition coefficient (Wildman–Crippen LogP) is 3.16. The Morgan fingerprint density at radius 1 is 0.800 bits per heavy atom. The standard InChI is InChI=1S/C38H44N4O7S/c1-3-25(2)33(37(47)42-24-50-23-31(42)38(48)49)41-36(46)34(44)30(21-27-15-9-5-10-16-27)40-35(45)29(20-19-26-13-7-4-8-14-26)39-32(43)22-28-17-11-6-12-18-28/h4-18,25,29-31,33H,3,19-24H2,1-2H3,(H,39,43)(H,40,45)(H,41,46)(H,48,49)/t25-,29-,30?,31-,33-/m0/s1. The van der Waals surface area contributed by atoms with Crippen LogP contribution in [0.3, 0.4) is 0 Å². The van der Waals surface area contributed by atoms with Crippen molar-refractivity contribution in [1.82, 2.24) is 20.9 Å². The van der Waals surface area contributed by atoms with Crippen molar-refractivity contribution in [2.24, 2.45) is 5.92 Å². The molecule has 1 fully saturated rings. The van der Waals surface area contributed by atoms with Crippen LogP contribution in [-0.2, 0) is 48.0 Å². The van der Waals surface area contributed by atoms with Gasteiger partial charge in [-0.1, -0.05) is 111 Å². The maximum absolute atomic E-state index is 13.9. The van der Waals surface area contributed by atoms with E-state index in [1.165, 1.54) is 16.7 Å². The largest absolute Gasteiger partial charge is 0.480 e. The van der Waals surface area contributed by atoms with Crippen LogP contribution in [0.5, 0.6) is 0 Å². The molecule has 1 aliphatic rings. The van der Waals surface area contributed by atoms with Gasteiger partial charge in [-0.15, -0.1) is 11.8 Å². The minimum absolute atomic E-state index is 0.0198. The van der Waals surface area contributed by atoms with Crippen molar-refractivity contribution < 1.29 is 33.9 Å². The quantitative estimate of drug-likeness (QED) is 0.156. The lowest BCUT2D eigenvalue weighted by Gasteiger charge is -2.30. The number of hydrogen-bond acceptors (Lipinski definition) is 7. The summed E-state index contributed by atoms with van der Waals surface area (Å²) in [5.74, 6) is -4.80. The molecule has 0 radical (unpaired) electrons. The highest BCUT2D eigenvalue weighted by atomic mass is 32.2. The molecular weight excluding hydrogens is 657 g/mol. The number of benzene rings is 3. The van der Waals surface area contributed by atoms with E-state index in [1.807, 2.05) is 67.6 Å². The lowest BCUT2D eigenvalue weighted by atomic mass is 9.96. The molecule has 1 saturated heterocycles. The SMILES string of the molecule is CC[C@H](C)[C@H](NC(=O)C(=O)C(Cc1ccccc1)NC(=O)[C@H](CCc1ccccc1)NC(=O)Cc1ccccc1)C(=O)N1CSC[C@H]1C(=O)O. The monoisotopic (exact) mass is 700 g/mol. The van der Waals surface area contributed by atoms with Gasteiger partial charge in [0.2, 0.25) is 23.5 Å². The second-order valence-corrected chi connectivity index (χ2v) is 13.4. The van der Waals surface area contributed by atoms with Crippen molar-refractivity contribution in [3.8, 4) is 0 Å². The first kappa shape index (κ1) is 37.8. The zero-order valence-electron chi connectivity index (χ0n) is 28.2. The number of rotatable bonds is 17. The first-order valence-corrected chi connectivity index (χ1v) is 17.9. The van der Waals surface area contributed by atoms with Crippen LogP contribution in [0.15, 0.2) is 91.0 Å². The normalized spacial score (nSPS) is 16.4. The molecular formula is C38H44N4O7S. The van der Waals surface area contributed by atoms with E-state index in [0.717, 1.165) is 11.1 Å². The van der Waals surface area contributed by atoms with Crippen LogP contribution in [0, 0.1) is 5.92 Å². The van der Waals surface area contributed by atoms with E-state index in [1.54, 1.807) is 37.3 Å². The number of carboxylic acids is 1. The van der Waals surface area contributed by atoms with Crippen LogP contribution in [0.4, 0.5) is 0 Å². The summed E-state index contributed by atoms with van der Waals surface area (Å²) < 4.78 is 0. The van der Waals surface area contributed by atoms with Crippen molar-refractivity contribution >= 4 is 47.1 Å². The molecule has 0 spiro atoms. The lowest BCUT2D eigenvalue weighted by molar-refractivity contribution is -0.150. The number of thioether (sulfide) groups is 1. The number of aliphatic carboxylic acids is 1. The van der Waals surface area contributed by atoms with Crippen molar-refractivity contribution in [2.45, 2.75) is 70.1 Å². The molecule has 3 aromatic carbocycles. The molecule has 0 bridgehead atoms. The molecule has 11 nitrogen and oxygen atoms in total. The molecule has 4 rings (SSSR count). The summed E-state index contributed by atoms with van der Waals surface area (Å²) in [7, 11) is 0. The summed E-state index contributed by atoms with van der Waals surface area (Å²) in [4.78, 5) is 81.1. The summed E-state index contributed by atoms with van der Waals surface area (Å²) >= 11 is 1.30. The zero-order valence-corrected chi connectivity index (χ0v) is 29.1. The first-order valence-electron chi connectivity index (χ1n) is 16.7. The molecule has 4 amide bonds. The summed E-state index contributed by atoms with van der Waals surface area (Å²) in [6, 6.07) is 22.9. The summed E-state index contributed by atoms with van der Waals surface area (Å²) in [5, 5.41) is 17.8. The number of ketones is 1. The average molecular weight is 701 g/mol. The Morgan fingerprint density at radius 3 is 1.96 bits per heavy atom. The molecule has 0 aromatic heterocycles. The molecule has 0 aliphatic carbocycles.